The van der Waals surface area contributed by atoms with Crippen molar-refractivity contribution in [3.05, 3.63) is 60.2 Å². The van der Waals surface area contributed by atoms with Gasteiger partial charge in [0.15, 0.2) is 11.5 Å². The predicted molar refractivity (Wildman–Crippen MR) is 71.6 cm³/mol. The summed E-state index contributed by atoms with van der Waals surface area (Å²) in [6, 6.07) is 13.6. The number of rotatable bonds is 2. The minimum absolute atomic E-state index is 0.246. The van der Waals surface area contributed by atoms with Gasteiger partial charge >= 0.3 is 0 Å². The summed E-state index contributed by atoms with van der Waals surface area (Å²) in [4.78, 5) is 0. The molecule has 90 valence electrons. The highest BCUT2D eigenvalue weighted by Crippen LogP contribution is 2.39. The van der Waals surface area contributed by atoms with E-state index in [1.165, 1.54) is 0 Å². The highest BCUT2D eigenvalue weighted by atomic mass is 16.7. The molecule has 0 amide bonds. The van der Waals surface area contributed by atoms with Crippen LogP contribution in [0, 0.1) is 0 Å². The SMILES string of the molecule is C=C(c1ccccc1)c1cc2c(cc1N)OCO2. The summed E-state index contributed by atoms with van der Waals surface area (Å²) in [5.41, 5.74) is 9.49. The van der Waals surface area contributed by atoms with Crippen molar-refractivity contribution in [1.82, 2.24) is 0 Å². The monoisotopic (exact) mass is 239 g/mol. The van der Waals surface area contributed by atoms with Crippen molar-refractivity contribution in [2.45, 2.75) is 0 Å². The summed E-state index contributed by atoms with van der Waals surface area (Å²) in [5, 5.41) is 0. The van der Waals surface area contributed by atoms with E-state index >= 15 is 0 Å². The van der Waals surface area contributed by atoms with E-state index < -0.39 is 0 Å². The first-order valence-corrected chi connectivity index (χ1v) is 5.69. The summed E-state index contributed by atoms with van der Waals surface area (Å²) in [6.07, 6.45) is 0. The molecular formula is C15H13NO2. The Bertz CT molecular complexity index is 605. The van der Waals surface area contributed by atoms with Crippen LogP contribution in [-0.2, 0) is 0 Å². The fourth-order valence-corrected chi connectivity index (χ4v) is 2.01. The van der Waals surface area contributed by atoms with Crippen LogP contribution < -0.4 is 15.2 Å². The minimum atomic E-state index is 0.246. The molecule has 0 bridgehead atoms. The maximum Gasteiger partial charge on any atom is 0.231 e. The standard InChI is InChI=1S/C15H13NO2/c1-10(11-5-3-2-4-6-11)12-7-14-15(8-13(12)16)18-9-17-14/h2-8H,1,9,16H2. The second kappa shape index (κ2) is 4.11. The van der Waals surface area contributed by atoms with Crippen molar-refractivity contribution in [3.63, 3.8) is 0 Å². The number of anilines is 1. The van der Waals surface area contributed by atoms with Gasteiger partial charge < -0.3 is 15.2 Å². The van der Waals surface area contributed by atoms with Gasteiger partial charge in [-0.05, 0) is 17.2 Å². The molecule has 1 heterocycles. The molecule has 0 atom stereocenters. The molecule has 0 saturated carbocycles. The van der Waals surface area contributed by atoms with E-state index in [1.807, 2.05) is 36.4 Å². The lowest BCUT2D eigenvalue weighted by Crippen LogP contribution is -1.94. The van der Waals surface area contributed by atoms with Gasteiger partial charge in [-0.3, -0.25) is 0 Å². The molecular weight excluding hydrogens is 226 g/mol. The summed E-state index contributed by atoms with van der Waals surface area (Å²) < 4.78 is 10.6. The average molecular weight is 239 g/mol. The van der Waals surface area contributed by atoms with Crippen LogP contribution >= 0.6 is 0 Å². The molecule has 2 aromatic rings. The van der Waals surface area contributed by atoms with Crippen molar-refractivity contribution in [2.75, 3.05) is 12.5 Å². The lowest BCUT2D eigenvalue weighted by molar-refractivity contribution is 0.174. The van der Waals surface area contributed by atoms with E-state index in [9.17, 15) is 0 Å². The second-order valence-electron chi connectivity index (χ2n) is 4.14. The fourth-order valence-electron chi connectivity index (χ4n) is 2.01. The van der Waals surface area contributed by atoms with Gasteiger partial charge in [-0.2, -0.15) is 0 Å². The van der Waals surface area contributed by atoms with Crippen LogP contribution in [0.4, 0.5) is 5.69 Å². The van der Waals surface area contributed by atoms with E-state index in [1.54, 1.807) is 6.07 Å². The van der Waals surface area contributed by atoms with Gasteiger partial charge in [-0.15, -0.1) is 0 Å². The number of nitrogens with two attached hydrogens (primary N) is 1. The molecule has 0 fully saturated rings. The van der Waals surface area contributed by atoms with Gasteiger partial charge in [0.25, 0.3) is 0 Å². The van der Waals surface area contributed by atoms with Crippen LogP contribution in [0.3, 0.4) is 0 Å². The van der Waals surface area contributed by atoms with Crippen LogP contribution in [0.2, 0.25) is 0 Å². The predicted octanol–water partition coefficient (Wildman–Crippen LogP) is 3.06. The maximum absolute atomic E-state index is 6.04. The summed E-state index contributed by atoms with van der Waals surface area (Å²) in [7, 11) is 0. The molecule has 1 aliphatic rings. The third-order valence-electron chi connectivity index (χ3n) is 2.99. The summed E-state index contributed by atoms with van der Waals surface area (Å²) in [6.45, 7) is 4.35. The van der Waals surface area contributed by atoms with Crippen LogP contribution in [0.15, 0.2) is 49.0 Å². The van der Waals surface area contributed by atoms with Crippen LogP contribution in [-0.4, -0.2) is 6.79 Å². The van der Waals surface area contributed by atoms with Crippen molar-refractivity contribution in [2.24, 2.45) is 0 Å². The Kier molecular flexibility index (Phi) is 2.45. The number of benzene rings is 2. The molecule has 0 spiro atoms. The summed E-state index contributed by atoms with van der Waals surface area (Å²) in [5.74, 6) is 1.41. The van der Waals surface area contributed by atoms with Gasteiger partial charge in [0.1, 0.15) is 0 Å². The van der Waals surface area contributed by atoms with Gasteiger partial charge in [0, 0.05) is 17.3 Å². The van der Waals surface area contributed by atoms with E-state index in [0.717, 1.165) is 22.4 Å². The highest BCUT2D eigenvalue weighted by molar-refractivity contribution is 5.85. The molecule has 2 N–H and O–H groups in total. The smallest absolute Gasteiger partial charge is 0.231 e. The fraction of sp³-hybridized carbons (Fsp3) is 0.0667. The quantitative estimate of drug-likeness (QED) is 0.819. The number of hydrogen-bond acceptors (Lipinski definition) is 3. The Morgan fingerprint density at radius 3 is 2.44 bits per heavy atom. The van der Waals surface area contributed by atoms with Gasteiger partial charge in [-0.1, -0.05) is 36.9 Å². The van der Waals surface area contributed by atoms with Gasteiger partial charge in [-0.25, -0.2) is 0 Å². The Morgan fingerprint density at radius 1 is 1.06 bits per heavy atom. The van der Waals surface area contributed by atoms with E-state index in [4.69, 9.17) is 15.2 Å². The number of ether oxygens (including phenoxy) is 2. The molecule has 0 radical (unpaired) electrons. The Morgan fingerprint density at radius 2 is 1.72 bits per heavy atom. The first-order valence-electron chi connectivity index (χ1n) is 5.69. The van der Waals surface area contributed by atoms with Gasteiger partial charge in [0.2, 0.25) is 6.79 Å². The average Bonchev–Trinajstić information content (AvgIpc) is 2.85. The molecule has 3 heteroatoms. The Balaban J connectivity index is 2.05. The first kappa shape index (κ1) is 10.7. The van der Waals surface area contributed by atoms with Crippen LogP contribution in [0.1, 0.15) is 11.1 Å². The van der Waals surface area contributed by atoms with Crippen LogP contribution in [0.25, 0.3) is 5.57 Å². The van der Waals surface area contributed by atoms with Crippen molar-refractivity contribution in [3.8, 4) is 11.5 Å². The van der Waals surface area contributed by atoms with E-state index in [-0.39, 0.29) is 6.79 Å². The normalized spacial score (nSPS) is 12.4. The van der Waals surface area contributed by atoms with Crippen molar-refractivity contribution >= 4 is 11.3 Å². The lowest BCUT2D eigenvalue weighted by atomic mass is 9.98. The number of nitrogen functional groups attached to an aromatic ring is 1. The van der Waals surface area contributed by atoms with Gasteiger partial charge in [0.05, 0.1) is 0 Å². The van der Waals surface area contributed by atoms with Crippen LogP contribution in [0.5, 0.6) is 11.5 Å². The zero-order valence-corrected chi connectivity index (χ0v) is 9.85. The Hall–Kier alpha value is -2.42. The molecule has 0 unspecified atom stereocenters. The third kappa shape index (κ3) is 1.70. The molecule has 3 nitrogen and oxygen atoms in total. The van der Waals surface area contributed by atoms with E-state index in [2.05, 4.69) is 6.58 Å². The number of hydrogen-bond donors (Lipinski definition) is 1. The van der Waals surface area contributed by atoms with E-state index in [0.29, 0.717) is 11.4 Å². The van der Waals surface area contributed by atoms with Crippen molar-refractivity contribution in [1.29, 1.82) is 0 Å². The molecule has 1 aliphatic heterocycles. The molecule has 18 heavy (non-hydrogen) atoms. The second-order valence-corrected chi connectivity index (χ2v) is 4.14. The topological polar surface area (TPSA) is 44.5 Å². The summed E-state index contributed by atoms with van der Waals surface area (Å²) >= 11 is 0. The molecule has 0 aliphatic carbocycles. The largest absolute Gasteiger partial charge is 0.454 e. The zero-order valence-electron chi connectivity index (χ0n) is 9.85. The highest BCUT2D eigenvalue weighted by Gasteiger charge is 2.17. The molecule has 0 aromatic heterocycles. The molecule has 0 saturated heterocycles. The Labute approximate surface area is 105 Å². The molecule has 2 aromatic carbocycles. The first-order chi connectivity index (χ1) is 8.75. The number of fused-ring (bicyclic) bond motifs is 1. The third-order valence-corrected chi connectivity index (χ3v) is 2.99. The zero-order chi connectivity index (χ0) is 12.5. The van der Waals surface area contributed by atoms with Crippen molar-refractivity contribution < 1.29 is 9.47 Å². The minimum Gasteiger partial charge on any atom is -0.454 e. The maximum atomic E-state index is 6.04. The molecule has 3 rings (SSSR count). The lowest BCUT2D eigenvalue weighted by Gasteiger charge is -2.10.